The average Bonchev–Trinajstić information content (AvgIpc) is 2.87. The Bertz CT molecular complexity index is 613. The van der Waals surface area contributed by atoms with Crippen LogP contribution in [0.25, 0.3) is 0 Å². The van der Waals surface area contributed by atoms with Crippen LogP contribution in [0.1, 0.15) is 24.2 Å². The summed E-state index contributed by atoms with van der Waals surface area (Å²) in [7, 11) is 1.95. The molecule has 0 aliphatic carbocycles. The van der Waals surface area contributed by atoms with Crippen LogP contribution in [-0.4, -0.2) is 33.9 Å². The van der Waals surface area contributed by atoms with Gasteiger partial charge in [0.05, 0.1) is 18.9 Å². The molecule has 21 heavy (non-hydrogen) atoms. The van der Waals surface area contributed by atoms with Gasteiger partial charge in [-0.1, -0.05) is 23.7 Å². The number of aromatic nitrogens is 2. The predicted octanol–water partition coefficient (Wildman–Crippen LogP) is 3.04. The van der Waals surface area contributed by atoms with Crippen molar-refractivity contribution in [2.75, 3.05) is 13.2 Å². The molecule has 5 heteroatoms. The van der Waals surface area contributed by atoms with Crippen LogP contribution in [0.5, 0.6) is 0 Å². The molecule has 112 valence electrons. The SMILES string of the molecule is C[C@H]1CO[C@@H](c2cccc(Cl)c2)CN1Cc1cnn(C)c1. The molecule has 0 amide bonds. The molecule has 0 saturated carbocycles. The number of nitrogens with zero attached hydrogens (tertiary/aromatic N) is 3. The third kappa shape index (κ3) is 3.46. The summed E-state index contributed by atoms with van der Waals surface area (Å²) in [5.74, 6) is 0. The molecule has 0 radical (unpaired) electrons. The molecule has 0 unspecified atom stereocenters. The van der Waals surface area contributed by atoms with E-state index >= 15 is 0 Å². The van der Waals surface area contributed by atoms with Crippen LogP contribution in [0.2, 0.25) is 5.02 Å². The molecule has 0 N–H and O–H groups in total. The van der Waals surface area contributed by atoms with E-state index in [-0.39, 0.29) is 6.10 Å². The van der Waals surface area contributed by atoms with Crippen molar-refractivity contribution in [3.63, 3.8) is 0 Å². The van der Waals surface area contributed by atoms with Crippen LogP contribution in [0.4, 0.5) is 0 Å². The fourth-order valence-electron chi connectivity index (χ4n) is 2.72. The Hall–Kier alpha value is -1.36. The van der Waals surface area contributed by atoms with Crippen LogP contribution in [-0.2, 0) is 18.3 Å². The van der Waals surface area contributed by atoms with Gasteiger partial charge < -0.3 is 4.74 Å². The highest BCUT2D eigenvalue weighted by atomic mass is 35.5. The first kappa shape index (κ1) is 14.6. The van der Waals surface area contributed by atoms with Crippen molar-refractivity contribution in [2.24, 2.45) is 7.05 Å². The zero-order valence-corrected chi connectivity index (χ0v) is 13.1. The quantitative estimate of drug-likeness (QED) is 0.873. The van der Waals surface area contributed by atoms with E-state index in [2.05, 4.69) is 29.2 Å². The predicted molar refractivity (Wildman–Crippen MR) is 83.2 cm³/mol. The van der Waals surface area contributed by atoms with E-state index in [9.17, 15) is 0 Å². The molecule has 1 saturated heterocycles. The molecule has 3 rings (SSSR count). The van der Waals surface area contributed by atoms with Gasteiger partial charge in [0.15, 0.2) is 0 Å². The van der Waals surface area contributed by atoms with Gasteiger partial charge in [0, 0.05) is 43.0 Å². The Labute approximate surface area is 130 Å². The largest absolute Gasteiger partial charge is 0.371 e. The van der Waals surface area contributed by atoms with E-state index in [1.54, 1.807) is 0 Å². The maximum Gasteiger partial charge on any atom is 0.0953 e. The summed E-state index contributed by atoms with van der Waals surface area (Å²) in [6.45, 7) is 4.70. The minimum Gasteiger partial charge on any atom is -0.371 e. The lowest BCUT2D eigenvalue weighted by Gasteiger charge is -2.38. The lowest BCUT2D eigenvalue weighted by atomic mass is 10.1. The molecule has 1 aliphatic heterocycles. The van der Waals surface area contributed by atoms with Gasteiger partial charge >= 0.3 is 0 Å². The maximum absolute atomic E-state index is 6.08. The Balaban J connectivity index is 1.72. The van der Waals surface area contributed by atoms with E-state index in [1.807, 2.05) is 36.1 Å². The van der Waals surface area contributed by atoms with Crippen LogP contribution in [0.3, 0.4) is 0 Å². The summed E-state index contributed by atoms with van der Waals surface area (Å²) in [4.78, 5) is 2.44. The topological polar surface area (TPSA) is 30.3 Å². The Morgan fingerprint density at radius 2 is 2.29 bits per heavy atom. The van der Waals surface area contributed by atoms with Gasteiger partial charge in [0.1, 0.15) is 0 Å². The van der Waals surface area contributed by atoms with E-state index in [0.29, 0.717) is 6.04 Å². The van der Waals surface area contributed by atoms with Crippen LogP contribution >= 0.6 is 11.6 Å². The summed E-state index contributed by atoms with van der Waals surface area (Å²) < 4.78 is 7.83. The number of hydrogen-bond donors (Lipinski definition) is 0. The number of ether oxygens (including phenoxy) is 1. The number of morpholine rings is 1. The Morgan fingerprint density at radius 3 is 3.00 bits per heavy atom. The van der Waals surface area contributed by atoms with E-state index < -0.39 is 0 Å². The third-order valence-corrected chi connectivity index (χ3v) is 4.16. The van der Waals surface area contributed by atoms with Gasteiger partial charge in [-0.15, -0.1) is 0 Å². The minimum atomic E-state index is 0.0802. The second-order valence-electron chi connectivity index (χ2n) is 5.68. The maximum atomic E-state index is 6.08. The minimum absolute atomic E-state index is 0.0802. The van der Waals surface area contributed by atoms with Gasteiger partial charge in [-0.2, -0.15) is 5.10 Å². The molecule has 2 aromatic rings. The van der Waals surface area contributed by atoms with Gasteiger partial charge in [0.25, 0.3) is 0 Å². The zero-order valence-electron chi connectivity index (χ0n) is 12.4. The van der Waals surface area contributed by atoms with Gasteiger partial charge in [-0.05, 0) is 24.6 Å². The summed E-state index contributed by atoms with van der Waals surface area (Å²) in [6, 6.07) is 8.34. The monoisotopic (exact) mass is 305 g/mol. The fraction of sp³-hybridized carbons (Fsp3) is 0.438. The molecule has 2 atom stereocenters. The fourth-order valence-corrected chi connectivity index (χ4v) is 2.92. The second-order valence-corrected chi connectivity index (χ2v) is 6.11. The third-order valence-electron chi connectivity index (χ3n) is 3.93. The Kier molecular flexibility index (Phi) is 4.29. The molecule has 2 heterocycles. The molecule has 1 aromatic heterocycles. The van der Waals surface area contributed by atoms with E-state index in [4.69, 9.17) is 16.3 Å². The number of benzene rings is 1. The van der Waals surface area contributed by atoms with Gasteiger partial charge in [-0.3, -0.25) is 9.58 Å². The molecule has 0 bridgehead atoms. The first-order chi connectivity index (χ1) is 10.1. The summed E-state index contributed by atoms with van der Waals surface area (Å²) in [6.07, 6.45) is 4.07. The number of rotatable bonds is 3. The highest BCUT2D eigenvalue weighted by molar-refractivity contribution is 6.30. The molecule has 1 fully saturated rings. The molecule has 1 aromatic carbocycles. The highest BCUT2D eigenvalue weighted by Gasteiger charge is 2.27. The second kappa shape index (κ2) is 6.18. The van der Waals surface area contributed by atoms with Crippen molar-refractivity contribution in [1.29, 1.82) is 0 Å². The molecule has 1 aliphatic rings. The van der Waals surface area contributed by atoms with Crippen LogP contribution < -0.4 is 0 Å². The first-order valence-electron chi connectivity index (χ1n) is 7.20. The van der Waals surface area contributed by atoms with Crippen molar-refractivity contribution in [3.8, 4) is 0 Å². The van der Waals surface area contributed by atoms with Crippen molar-refractivity contribution in [1.82, 2.24) is 14.7 Å². The standard InChI is InChI=1S/C16H20ClN3O/c1-12-11-21-16(14-4-3-5-15(17)6-14)10-20(12)9-13-7-18-19(2)8-13/h3-8,12,16H,9-11H2,1-2H3/t12-,16+/m0/s1. The van der Waals surface area contributed by atoms with Crippen molar-refractivity contribution < 1.29 is 4.74 Å². The zero-order chi connectivity index (χ0) is 14.8. The Morgan fingerprint density at radius 1 is 1.43 bits per heavy atom. The van der Waals surface area contributed by atoms with Gasteiger partial charge in [-0.25, -0.2) is 0 Å². The number of halogens is 1. The molecule has 4 nitrogen and oxygen atoms in total. The van der Waals surface area contributed by atoms with Crippen LogP contribution in [0, 0.1) is 0 Å². The molecule has 0 spiro atoms. The average molecular weight is 306 g/mol. The smallest absolute Gasteiger partial charge is 0.0953 e. The number of hydrogen-bond acceptors (Lipinski definition) is 3. The first-order valence-corrected chi connectivity index (χ1v) is 7.58. The molecular weight excluding hydrogens is 286 g/mol. The van der Waals surface area contributed by atoms with Crippen molar-refractivity contribution in [2.45, 2.75) is 25.6 Å². The lowest BCUT2D eigenvalue weighted by molar-refractivity contribution is -0.0633. The van der Waals surface area contributed by atoms with Crippen molar-refractivity contribution >= 4 is 11.6 Å². The van der Waals surface area contributed by atoms with Crippen molar-refractivity contribution in [3.05, 3.63) is 52.8 Å². The number of aryl methyl sites for hydroxylation is 1. The lowest BCUT2D eigenvalue weighted by Crippen LogP contribution is -2.44. The van der Waals surface area contributed by atoms with E-state index in [0.717, 1.165) is 30.3 Å². The van der Waals surface area contributed by atoms with Gasteiger partial charge in [0.2, 0.25) is 0 Å². The van der Waals surface area contributed by atoms with E-state index in [1.165, 1.54) is 5.56 Å². The normalized spacial score (nSPS) is 23.4. The summed E-state index contributed by atoms with van der Waals surface area (Å²) >= 11 is 6.08. The molecular formula is C16H20ClN3O. The highest BCUT2D eigenvalue weighted by Crippen LogP contribution is 2.27. The summed E-state index contributed by atoms with van der Waals surface area (Å²) in [5.41, 5.74) is 2.38. The summed E-state index contributed by atoms with van der Waals surface area (Å²) in [5, 5.41) is 5.00. The van der Waals surface area contributed by atoms with Crippen LogP contribution in [0.15, 0.2) is 36.7 Å².